The molecule has 100 valence electrons. The molecule has 2 nitrogen and oxygen atoms in total. The summed E-state index contributed by atoms with van der Waals surface area (Å²) in [4.78, 5) is 0. The van der Waals surface area contributed by atoms with Crippen LogP contribution in [0, 0.1) is 5.82 Å². The SMILES string of the molecule is NC(COc1ccccc1)Cc1cccc(F)c1Cl. The Morgan fingerprint density at radius 1 is 1.11 bits per heavy atom. The van der Waals surface area contributed by atoms with Crippen molar-refractivity contribution >= 4 is 11.6 Å². The highest BCUT2D eigenvalue weighted by Gasteiger charge is 2.10. The van der Waals surface area contributed by atoms with E-state index in [1.54, 1.807) is 12.1 Å². The third-order valence-corrected chi connectivity index (χ3v) is 3.14. The Labute approximate surface area is 117 Å². The van der Waals surface area contributed by atoms with Gasteiger partial charge in [-0.1, -0.05) is 41.9 Å². The van der Waals surface area contributed by atoms with Crippen LogP contribution in [0.3, 0.4) is 0 Å². The number of para-hydroxylation sites is 1. The highest BCUT2D eigenvalue weighted by molar-refractivity contribution is 6.31. The zero-order chi connectivity index (χ0) is 13.7. The van der Waals surface area contributed by atoms with Gasteiger partial charge in [-0.05, 0) is 30.2 Å². The van der Waals surface area contributed by atoms with Crippen LogP contribution < -0.4 is 10.5 Å². The van der Waals surface area contributed by atoms with Gasteiger partial charge in [0.25, 0.3) is 0 Å². The smallest absolute Gasteiger partial charge is 0.142 e. The Morgan fingerprint density at radius 2 is 1.84 bits per heavy atom. The van der Waals surface area contributed by atoms with E-state index in [4.69, 9.17) is 22.1 Å². The molecular formula is C15H15ClFNO. The highest BCUT2D eigenvalue weighted by atomic mass is 35.5. The first-order valence-corrected chi connectivity index (χ1v) is 6.41. The number of hydrogen-bond donors (Lipinski definition) is 1. The first-order valence-electron chi connectivity index (χ1n) is 6.03. The van der Waals surface area contributed by atoms with Gasteiger partial charge in [0.2, 0.25) is 0 Å². The van der Waals surface area contributed by atoms with Crippen molar-refractivity contribution in [3.63, 3.8) is 0 Å². The number of halogens is 2. The Bertz CT molecular complexity index is 533. The lowest BCUT2D eigenvalue weighted by atomic mass is 10.1. The Morgan fingerprint density at radius 3 is 2.58 bits per heavy atom. The third kappa shape index (κ3) is 3.94. The van der Waals surface area contributed by atoms with E-state index in [-0.39, 0.29) is 11.1 Å². The van der Waals surface area contributed by atoms with E-state index < -0.39 is 5.82 Å². The van der Waals surface area contributed by atoms with Crippen molar-refractivity contribution in [2.45, 2.75) is 12.5 Å². The molecule has 19 heavy (non-hydrogen) atoms. The zero-order valence-electron chi connectivity index (χ0n) is 10.4. The van der Waals surface area contributed by atoms with Crippen LogP contribution in [0.15, 0.2) is 48.5 Å². The lowest BCUT2D eigenvalue weighted by Crippen LogP contribution is -2.30. The molecule has 2 aromatic carbocycles. The lowest BCUT2D eigenvalue weighted by molar-refractivity contribution is 0.287. The molecule has 0 heterocycles. The van der Waals surface area contributed by atoms with Gasteiger partial charge in [-0.3, -0.25) is 0 Å². The molecule has 2 N–H and O–H groups in total. The maximum atomic E-state index is 13.3. The van der Waals surface area contributed by atoms with Crippen LogP contribution in [-0.2, 0) is 6.42 Å². The molecule has 0 fully saturated rings. The molecule has 2 aromatic rings. The molecule has 2 rings (SSSR count). The predicted molar refractivity (Wildman–Crippen MR) is 75.0 cm³/mol. The maximum absolute atomic E-state index is 13.3. The molecule has 0 saturated carbocycles. The molecule has 1 unspecified atom stereocenters. The zero-order valence-corrected chi connectivity index (χ0v) is 11.1. The largest absolute Gasteiger partial charge is 0.492 e. The molecule has 0 aliphatic rings. The predicted octanol–water partition coefficient (Wildman–Crippen LogP) is 3.43. The van der Waals surface area contributed by atoms with Crippen LogP contribution in [-0.4, -0.2) is 12.6 Å². The van der Waals surface area contributed by atoms with E-state index >= 15 is 0 Å². The summed E-state index contributed by atoms with van der Waals surface area (Å²) < 4.78 is 18.8. The fraction of sp³-hybridized carbons (Fsp3) is 0.200. The van der Waals surface area contributed by atoms with Crippen LogP contribution >= 0.6 is 11.6 Å². The minimum atomic E-state index is -0.421. The van der Waals surface area contributed by atoms with Gasteiger partial charge in [0.05, 0.1) is 5.02 Å². The lowest BCUT2D eigenvalue weighted by Gasteiger charge is -2.14. The van der Waals surface area contributed by atoms with E-state index in [9.17, 15) is 4.39 Å². The van der Waals surface area contributed by atoms with Crippen LogP contribution in [0.1, 0.15) is 5.56 Å². The van der Waals surface area contributed by atoms with E-state index in [0.29, 0.717) is 18.6 Å². The van der Waals surface area contributed by atoms with Gasteiger partial charge in [-0.25, -0.2) is 4.39 Å². The number of ether oxygens (including phenoxy) is 1. The summed E-state index contributed by atoms with van der Waals surface area (Å²) >= 11 is 5.88. The summed E-state index contributed by atoms with van der Waals surface area (Å²) in [5.74, 6) is 0.346. The molecular weight excluding hydrogens is 265 g/mol. The topological polar surface area (TPSA) is 35.2 Å². The van der Waals surface area contributed by atoms with Gasteiger partial charge in [-0.15, -0.1) is 0 Å². The van der Waals surface area contributed by atoms with Crippen LogP contribution in [0.5, 0.6) is 5.75 Å². The number of rotatable bonds is 5. The summed E-state index contributed by atoms with van der Waals surface area (Å²) in [7, 11) is 0. The van der Waals surface area contributed by atoms with Gasteiger partial charge in [-0.2, -0.15) is 0 Å². The number of benzene rings is 2. The first kappa shape index (κ1) is 13.8. The van der Waals surface area contributed by atoms with Crippen LogP contribution in [0.25, 0.3) is 0 Å². The van der Waals surface area contributed by atoms with Crippen molar-refractivity contribution in [1.29, 1.82) is 0 Å². The van der Waals surface area contributed by atoms with Crippen LogP contribution in [0.2, 0.25) is 5.02 Å². The average Bonchev–Trinajstić information content (AvgIpc) is 2.43. The molecule has 4 heteroatoms. The van der Waals surface area contributed by atoms with E-state index in [2.05, 4.69) is 0 Å². The fourth-order valence-corrected chi connectivity index (χ4v) is 1.97. The van der Waals surface area contributed by atoms with E-state index in [1.807, 2.05) is 30.3 Å². The summed E-state index contributed by atoms with van der Waals surface area (Å²) in [6, 6.07) is 13.9. The quantitative estimate of drug-likeness (QED) is 0.910. The molecule has 0 aliphatic carbocycles. The van der Waals surface area contributed by atoms with Gasteiger partial charge in [0.1, 0.15) is 18.2 Å². The van der Waals surface area contributed by atoms with Gasteiger partial charge >= 0.3 is 0 Å². The number of hydrogen-bond acceptors (Lipinski definition) is 2. The second kappa shape index (κ2) is 6.55. The van der Waals surface area contributed by atoms with Crippen molar-refractivity contribution in [3.8, 4) is 5.75 Å². The Hall–Kier alpha value is -1.58. The maximum Gasteiger partial charge on any atom is 0.142 e. The molecule has 0 spiro atoms. The second-order valence-electron chi connectivity index (χ2n) is 4.30. The molecule has 0 bridgehead atoms. The fourth-order valence-electron chi connectivity index (χ4n) is 1.77. The summed E-state index contributed by atoms with van der Waals surface area (Å²) in [5, 5.41) is 0.137. The second-order valence-corrected chi connectivity index (χ2v) is 4.68. The Balaban J connectivity index is 1.91. The van der Waals surface area contributed by atoms with Gasteiger partial charge < -0.3 is 10.5 Å². The summed E-state index contributed by atoms with van der Waals surface area (Å²) in [6.07, 6.45) is 0.476. The molecule has 0 radical (unpaired) electrons. The third-order valence-electron chi connectivity index (χ3n) is 2.72. The molecule has 0 aliphatic heterocycles. The summed E-state index contributed by atoms with van der Waals surface area (Å²) in [5.41, 5.74) is 6.67. The summed E-state index contributed by atoms with van der Waals surface area (Å²) in [6.45, 7) is 0.358. The van der Waals surface area contributed by atoms with Crippen molar-refractivity contribution in [2.75, 3.05) is 6.61 Å². The average molecular weight is 280 g/mol. The van der Waals surface area contributed by atoms with Gasteiger partial charge in [0.15, 0.2) is 0 Å². The van der Waals surface area contributed by atoms with E-state index in [0.717, 1.165) is 5.75 Å². The van der Waals surface area contributed by atoms with Gasteiger partial charge in [0, 0.05) is 6.04 Å². The molecule has 0 aromatic heterocycles. The first-order chi connectivity index (χ1) is 9.16. The minimum absolute atomic E-state index is 0.137. The van der Waals surface area contributed by atoms with Crippen molar-refractivity contribution in [1.82, 2.24) is 0 Å². The molecule has 0 saturated heterocycles. The van der Waals surface area contributed by atoms with Crippen molar-refractivity contribution in [3.05, 3.63) is 64.9 Å². The van der Waals surface area contributed by atoms with Crippen molar-refractivity contribution in [2.24, 2.45) is 5.73 Å². The molecule has 0 amide bonds. The monoisotopic (exact) mass is 279 g/mol. The minimum Gasteiger partial charge on any atom is -0.492 e. The Kier molecular flexibility index (Phi) is 4.77. The van der Waals surface area contributed by atoms with E-state index in [1.165, 1.54) is 6.07 Å². The normalized spacial score (nSPS) is 12.2. The standard InChI is InChI=1S/C15H15ClFNO/c16-15-11(5-4-8-14(15)17)9-12(18)10-19-13-6-2-1-3-7-13/h1-8,12H,9-10,18H2. The molecule has 1 atom stereocenters. The van der Waals surface area contributed by atoms with Crippen LogP contribution in [0.4, 0.5) is 4.39 Å². The van der Waals surface area contributed by atoms with Crippen molar-refractivity contribution < 1.29 is 9.13 Å². The number of nitrogens with two attached hydrogens (primary N) is 1. The highest BCUT2D eigenvalue weighted by Crippen LogP contribution is 2.20.